The summed E-state index contributed by atoms with van der Waals surface area (Å²) in [5, 5.41) is 0. The first kappa shape index (κ1) is 22.8. The van der Waals surface area contributed by atoms with Gasteiger partial charge in [-0.05, 0) is 23.6 Å². The molecule has 4 rings (SSSR count). The van der Waals surface area contributed by atoms with Crippen molar-refractivity contribution in [3.63, 3.8) is 0 Å². The van der Waals surface area contributed by atoms with Gasteiger partial charge in [-0.15, -0.1) is 0 Å². The predicted octanol–water partition coefficient (Wildman–Crippen LogP) is 5.20. The van der Waals surface area contributed by atoms with Crippen molar-refractivity contribution in [2.75, 3.05) is 6.61 Å². The van der Waals surface area contributed by atoms with Crippen LogP contribution in [-0.4, -0.2) is 24.3 Å². The molecule has 2 unspecified atom stereocenters. The first-order valence-corrected chi connectivity index (χ1v) is 11.0. The zero-order valence-electron chi connectivity index (χ0n) is 18.7. The molecule has 3 aromatic rings. The van der Waals surface area contributed by atoms with Crippen LogP contribution in [-0.2, 0) is 43.6 Å². The third kappa shape index (κ3) is 5.89. The Morgan fingerprint density at radius 3 is 1.91 bits per heavy atom. The summed E-state index contributed by atoms with van der Waals surface area (Å²) in [6.45, 7) is 2.82. The average molecular weight is 445 g/mol. The van der Waals surface area contributed by atoms with E-state index in [9.17, 15) is 4.79 Å². The monoisotopic (exact) mass is 444 g/mol. The second-order valence-electron chi connectivity index (χ2n) is 8.12. The summed E-state index contributed by atoms with van der Waals surface area (Å²) in [6, 6.07) is 29.5. The third-order valence-corrected chi connectivity index (χ3v) is 5.58. The number of carbonyl (C=O) groups excluding carboxylic acids is 1. The molecule has 0 aromatic heterocycles. The molecular formula is C28H28O5. The molecule has 0 bridgehead atoms. The van der Waals surface area contributed by atoms with E-state index in [1.54, 1.807) is 13.2 Å². The number of ether oxygens (including phenoxy) is 4. The lowest BCUT2D eigenvalue weighted by Crippen LogP contribution is -2.56. The zero-order valence-corrected chi connectivity index (χ0v) is 18.7. The van der Waals surface area contributed by atoms with Gasteiger partial charge >= 0.3 is 5.97 Å². The van der Waals surface area contributed by atoms with Crippen LogP contribution >= 0.6 is 0 Å². The van der Waals surface area contributed by atoms with Crippen molar-refractivity contribution < 1.29 is 23.7 Å². The van der Waals surface area contributed by atoms with E-state index in [1.807, 2.05) is 91.0 Å². The maximum Gasteiger partial charge on any atom is 0.341 e. The lowest BCUT2D eigenvalue weighted by molar-refractivity contribution is -0.201. The van der Waals surface area contributed by atoms with Crippen LogP contribution in [0, 0.1) is 0 Å². The Labute approximate surface area is 194 Å². The minimum absolute atomic E-state index is 0.0946. The fourth-order valence-corrected chi connectivity index (χ4v) is 3.71. The summed E-state index contributed by atoms with van der Waals surface area (Å²) < 4.78 is 23.8. The Kier molecular flexibility index (Phi) is 7.55. The van der Waals surface area contributed by atoms with E-state index in [1.165, 1.54) is 0 Å². The Bertz CT molecular complexity index is 1050. The molecule has 0 N–H and O–H groups in total. The quantitative estimate of drug-likeness (QED) is 0.335. The summed E-state index contributed by atoms with van der Waals surface area (Å²) >= 11 is 0. The molecule has 5 nitrogen and oxygen atoms in total. The average Bonchev–Trinajstić information content (AvgIpc) is 2.86. The number of esters is 1. The van der Waals surface area contributed by atoms with E-state index in [4.69, 9.17) is 18.9 Å². The molecule has 33 heavy (non-hydrogen) atoms. The summed E-state index contributed by atoms with van der Waals surface area (Å²) in [4.78, 5) is 12.9. The van der Waals surface area contributed by atoms with Gasteiger partial charge in [-0.2, -0.15) is 0 Å². The van der Waals surface area contributed by atoms with Crippen LogP contribution < -0.4 is 0 Å². The summed E-state index contributed by atoms with van der Waals surface area (Å²) in [6.07, 6.45) is 0.984. The Hall–Kier alpha value is -3.41. The number of rotatable bonds is 9. The molecular weight excluding hydrogens is 416 g/mol. The van der Waals surface area contributed by atoms with Gasteiger partial charge in [0.2, 0.25) is 0 Å². The van der Waals surface area contributed by atoms with E-state index >= 15 is 0 Å². The van der Waals surface area contributed by atoms with E-state index in [2.05, 4.69) is 0 Å². The van der Waals surface area contributed by atoms with Crippen LogP contribution in [0.4, 0.5) is 0 Å². The number of carbonyl (C=O) groups is 1. The van der Waals surface area contributed by atoms with Gasteiger partial charge in [0.25, 0.3) is 0 Å². The molecule has 1 heterocycles. The van der Waals surface area contributed by atoms with E-state index in [-0.39, 0.29) is 13.2 Å². The molecule has 0 saturated carbocycles. The smallest absolute Gasteiger partial charge is 0.341 e. The SMILES string of the molecule is CC1(OCc2ccccc2)C(=O)OCC(=COCc2ccccc2)C1OCc1ccccc1. The Morgan fingerprint density at radius 1 is 0.818 bits per heavy atom. The summed E-state index contributed by atoms with van der Waals surface area (Å²) in [7, 11) is 0. The zero-order chi connectivity index (χ0) is 22.9. The second-order valence-corrected chi connectivity index (χ2v) is 8.12. The first-order valence-electron chi connectivity index (χ1n) is 11.0. The van der Waals surface area contributed by atoms with Crippen LogP contribution in [0.1, 0.15) is 23.6 Å². The molecule has 5 heteroatoms. The van der Waals surface area contributed by atoms with Gasteiger partial charge in [0.1, 0.15) is 19.3 Å². The Morgan fingerprint density at radius 2 is 1.33 bits per heavy atom. The first-order chi connectivity index (χ1) is 16.1. The molecule has 3 aromatic carbocycles. The fourth-order valence-electron chi connectivity index (χ4n) is 3.71. The van der Waals surface area contributed by atoms with Crippen LogP contribution in [0.3, 0.4) is 0 Å². The van der Waals surface area contributed by atoms with E-state index in [0.29, 0.717) is 13.2 Å². The molecule has 1 saturated heterocycles. The third-order valence-electron chi connectivity index (χ3n) is 5.58. The van der Waals surface area contributed by atoms with Gasteiger partial charge in [-0.3, -0.25) is 0 Å². The number of hydrogen-bond donors (Lipinski definition) is 0. The lowest BCUT2D eigenvalue weighted by atomic mass is 9.90. The molecule has 0 spiro atoms. The van der Waals surface area contributed by atoms with Crippen molar-refractivity contribution in [1.29, 1.82) is 0 Å². The maximum atomic E-state index is 12.9. The van der Waals surface area contributed by atoms with Gasteiger partial charge in [0, 0.05) is 5.57 Å². The van der Waals surface area contributed by atoms with Gasteiger partial charge in [0.05, 0.1) is 19.5 Å². The number of hydrogen-bond acceptors (Lipinski definition) is 5. The van der Waals surface area contributed by atoms with Gasteiger partial charge < -0.3 is 18.9 Å². The van der Waals surface area contributed by atoms with E-state index < -0.39 is 17.7 Å². The maximum absolute atomic E-state index is 12.9. The van der Waals surface area contributed by atoms with Crippen LogP contribution in [0.2, 0.25) is 0 Å². The molecule has 0 amide bonds. The molecule has 2 atom stereocenters. The van der Waals surface area contributed by atoms with Gasteiger partial charge in [-0.25, -0.2) is 4.79 Å². The normalized spacial score (nSPS) is 21.5. The standard InChI is InChI=1S/C28H28O5/c1-28(33-19-24-15-9-4-10-16-24)26(31-18-23-13-7-3-8-14-23)25(21-32-27(28)29)20-30-17-22-11-5-2-6-12-22/h2-16,20,26H,17-19,21H2,1H3. The predicted molar refractivity (Wildman–Crippen MR) is 125 cm³/mol. The molecule has 1 fully saturated rings. The van der Waals surface area contributed by atoms with Crippen LogP contribution in [0.25, 0.3) is 0 Å². The highest BCUT2D eigenvalue weighted by atomic mass is 16.6. The molecule has 0 aliphatic carbocycles. The molecule has 0 radical (unpaired) electrons. The largest absolute Gasteiger partial charge is 0.496 e. The lowest BCUT2D eigenvalue weighted by Gasteiger charge is -2.40. The fraction of sp³-hybridized carbons (Fsp3) is 0.250. The van der Waals surface area contributed by atoms with Crippen LogP contribution in [0.5, 0.6) is 0 Å². The van der Waals surface area contributed by atoms with E-state index in [0.717, 1.165) is 22.3 Å². The number of benzene rings is 3. The highest BCUT2D eigenvalue weighted by Crippen LogP contribution is 2.33. The van der Waals surface area contributed by atoms with Crippen LogP contribution in [0.15, 0.2) is 103 Å². The molecule has 1 aliphatic heterocycles. The second kappa shape index (κ2) is 10.9. The van der Waals surface area contributed by atoms with Crippen molar-refractivity contribution in [1.82, 2.24) is 0 Å². The van der Waals surface area contributed by atoms with Crippen molar-refractivity contribution in [2.45, 2.75) is 38.4 Å². The minimum atomic E-state index is -1.31. The summed E-state index contributed by atoms with van der Waals surface area (Å²) in [5.41, 5.74) is 2.42. The highest BCUT2D eigenvalue weighted by Gasteiger charge is 2.50. The van der Waals surface area contributed by atoms with Crippen molar-refractivity contribution in [2.24, 2.45) is 0 Å². The minimum Gasteiger partial charge on any atom is -0.496 e. The molecule has 1 aliphatic rings. The summed E-state index contributed by atoms with van der Waals surface area (Å²) in [5.74, 6) is -0.447. The van der Waals surface area contributed by atoms with Gasteiger partial charge in [0.15, 0.2) is 5.60 Å². The van der Waals surface area contributed by atoms with Crippen molar-refractivity contribution in [3.05, 3.63) is 120 Å². The molecule has 170 valence electrons. The highest BCUT2D eigenvalue weighted by molar-refractivity contribution is 5.82. The van der Waals surface area contributed by atoms with Crippen molar-refractivity contribution >= 4 is 5.97 Å². The Balaban J connectivity index is 1.54. The topological polar surface area (TPSA) is 54.0 Å². The number of cyclic esters (lactones) is 1. The van der Waals surface area contributed by atoms with Gasteiger partial charge in [-0.1, -0.05) is 91.0 Å². The van der Waals surface area contributed by atoms with Crippen molar-refractivity contribution in [3.8, 4) is 0 Å².